The largest absolute Gasteiger partial charge is 0.497 e. The first-order valence-corrected chi connectivity index (χ1v) is 14.6. The Hall–Kier alpha value is -4.17. The molecule has 0 saturated heterocycles. The fourth-order valence-corrected chi connectivity index (χ4v) is 6.28. The third-order valence-corrected chi connectivity index (χ3v) is 8.43. The van der Waals surface area contributed by atoms with Gasteiger partial charge in [0.15, 0.2) is 0 Å². The van der Waals surface area contributed by atoms with Crippen LogP contribution < -0.4 is 4.74 Å². The van der Waals surface area contributed by atoms with E-state index < -0.39 is 0 Å². The molecule has 0 spiro atoms. The fraction of sp³-hybridized carbons (Fsp3) is 0.237. The number of methoxy groups -OCH3 is 1. The van der Waals surface area contributed by atoms with Crippen LogP contribution in [0.1, 0.15) is 61.0 Å². The molecule has 200 valence electrons. The Kier molecular flexibility index (Phi) is 7.26. The van der Waals surface area contributed by atoms with Crippen molar-refractivity contribution in [2.24, 2.45) is 0 Å². The van der Waals surface area contributed by atoms with Crippen LogP contribution in [0.3, 0.4) is 0 Å². The van der Waals surface area contributed by atoms with E-state index in [-0.39, 0.29) is 0 Å². The Morgan fingerprint density at radius 2 is 1.05 bits per heavy atom. The van der Waals surface area contributed by atoms with E-state index in [0.717, 1.165) is 43.3 Å². The first-order valence-electron chi connectivity index (χ1n) is 14.6. The van der Waals surface area contributed by atoms with Crippen LogP contribution >= 0.6 is 0 Å². The van der Waals surface area contributed by atoms with E-state index in [1.807, 2.05) is 12.1 Å². The number of benzene rings is 6. The third kappa shape index (κ3) is 4.52. The summed E-state index contributed by atoms with van der Waals surface area (Å²) < 4.78 is 5.46. The minimum absolute atomic E-state index is 0.706. The van der Waals surface area contributed by atoms with Gasteiger partial charge in [0, 0.05) is 5.56 Å². The highest BCUT2D eigenvalue weighted by Crippen LogP contribution is 2.45. The van der Waals surface area contributed by atoms with Crippen LogP contribution in [0.25, 0.3) is 54.6 Å². The van der Waals surface area contributed by atoms with Gasteiger partial charge >= 0.3 is 0 Å². The van der Waals surface area contributed by atoms with Crippen LogP contribution in [-0.2, 0) is 12.8 Å². The first kappa shape index (κ1) is 26.1. The smallest absolute Gasteiger partial charge is 0.150 e. The molecule has 0 saturated carbocycles. The lowest BCUT2D eigenvalue weighted by atomic mass is 9.82. The van der Waals surface area contributed by atoms with Gasteiger partial charge in [0.1, 0.15) is 12.0 Å². The molecule has 0 N–H and O–H groups in total. The molecular weight excluding hydrogens is 488 g/mol. The lowest BCUT2D eigenvalue weighted by Gasteiger charge is -2.21. The average molecular weight is 525 g/mol. The lowest BCUT2D eigenvalue weighted by molar-refractivity contribution is 0.112. The van der Waals surface area contributed by atoms with Crippen molar-refractivity contribution in [3.8, 4) is 28.0 Å². The highest BCUT2D eigenvalue weighted by molar-refractivity contribution is 6.28. The molecule has 0 aromatic heterocycles. The molecular formula is C38H36O2. The number of carbonyl (C=O) groups excluding carboxylic acids is 1. The monoisotopic (exact) mass is 524 g/mol. The maximum absolute atomic E-state index is 11.4. The molecule has 0 bridgehead atoms. The fourth-order valence-electron chi connectivity index (χ4n) is 6.28. The molecule has 6 rings (SSSR count). The van der Waals surface area contributed by atoms with Gasteiger partial charge in [0.25, 0.3) is 0 Å². The van der Waals surface area contributed by atoms with Crippen molar-refractivity contribution in [1.29, 1.82) is 0 Å². The number of rotatable bonds is 10. The summed E-state index contributed by atoms with van der Waals surface area (Å²) in [4.78, 5) is 11.4. The summed E-state index contributed by atoms with van der Waals surface area (Å²) in [6.07, 6.45) is 7.69. The Morgan fingerprint density at radius 3 is 1.48 bits per heavy atom. The van der Waals surface area contributed by atoms with Gasteiger partial charge in [-0.25, -0.2) is 0 Å². The van der Waals surface area contributed by atoms with Crippen molar-refractivity contribution >= 4 is 38.6 Å². The summed E-state index contributed by atoms with van der Waals surface area (Å²) in [5.74, 6) is 0.874. The molecule has 2 heteroatoms. The Labute approximate surface area is 236 Å². The Balaban J connectivity index is 1.71. The number of hydrogen-bond donors (Lipinski definition) is 0. The van der Waals surface area contributed by atoms with Gasteiger partial charge in [-0.3, -0.25) is 4.79 Å². The molecule has 0 radical (unpaired) electrons. The van der Waals surface area contributed by atoms with Crippen LogP contribution in [0.15, 0.2) is 84.9 Å². The summed E-state index contributed by atoms with van der Waals surface area (Å²) in [6, 6.07) is 30.7. The summed E-state index contributed by atoms with van der Waals surface area (Å²) in [5, 5.41) is 8.05. The van der Waals surface area contributed by atoms with E-state index in [9.17, 15) is 4.79 Å². The van der Waals surface area contributed by atoms with Gasteiger partial charge in [-0.15, -0.1) is 0 Å². The number of aryl methyl sites for hydroxylation is 2. The van der Waals surface area contributed by atoms with Gasteiger partial charge in [-0.2, -0.15) is 0 Å². The van der Waals surface area contributed by atoms with Crippen molar-refractivity contribution in [1.82, 2.24) is 0 Å². The molecule has 0 aliphatic rings. The molecule has 0 heterocycles. The zero-order chi connectivity index (χ0) is 27.6. The van der Waals surface area contributed by atoms with Crippen LogP contribution in [0, 0.1) is 0 Å². The number of ether oxygens (including phenoxy) is 1. The number of hydrogen-bond acceptors (Lipinski definition) is 2. The van der Waals surface area contributed by atoms with Gasteiger partial charge in [0.2, 0.25) is 0 Å². The quantitative estimate of drug-likeness (QED) is 0.132. The number of aldehydes is 1. The summed E-state index contributed by atoms with van der Waals surface area (Å²) in [5.41, 5.74) is 8.43. The molecule has 0 unspecified atom stereocenters. The maximum atomic E-state index is 11.4. The minimum Gasteiger partial charge on any atom is -0.497 e. The van der Waals surface area contributed by atoms with Crippen LogP contribution in [-0.4, -0.2) is 13.4 Å². The van der Waals surface area contributed by atoms with E-state index in [2.05, 4.69) is 86.6 Å². The van der Waals surface area contributed by atoms with Crippen molar-refractivity contribution < 1.29 is 9.53 Å². The molecule has 0 atom stereocenters. The van der Waals surface area contributed by atoms with E-state index in [1.165, 1.54) is 73.0 Å². The van der Waals surface area contributed by atoms with Crippen LogP contribution in [0.5, 0.6) is 5.75 Å². The SMILES string of the molecule is CCCCc1cc(-c2ccc(C=O)cc2)c2ccc3c(CCCC)cc(-c4ccc(OC)cc4)c4ccc1c2c34. The topological polar surface area (TPSA) is 26.3 Å². The Bertz CT molecular complexity index is 1790. The second kappa shape index (κ2) is 11.1. The number of carbonyl (C=O) groups is 1. The Morgan fingerprint density at radius 1 is 0.600 bits per heavy atom. The summed E-state index contributed by atoms with van der Waals surface area (Å²) >= 11 is 0. The van der Waals surface area contributed by atoms with Crippen LogP contribution in [0.4, 0.5) is 0 Å². The van der Waals surface area contributed by atoms with Crippen LogP contribution in [0.2, 0.25) is 0 Å². The average Bonchev–Trinajstić information content (AvgIpc) is 3.01. The van der Waals surface area contributed by atoms with Crippen molar-refractivity contribution in [3.63, 3.8) is 0 Å². The van der Waals surface area contributed by atoms with Gasteiger partial charge in [-0.1, -0.05) is 87.4 Å². The first-order chi connectivity index (χ1) is 19.7. The normalized spacial score (nSPS) is 11.6. The molecule has 2 nitrogen and oxygen atoms in total. The minimum atomic E-state index is 0.706. The predicted octanol–water partition coefficient (Wildman–Crippen LogP) is 10.4. The third-order valence-electron chi connectivity index (χ3n) is 8.43. The van der Waals surface area contributed by atoms with Gasteiger partial charge in [-0.05, 0) is 116 Å². The summed E-state index contributed by atoms with van der Waals surface area (Å²) in [6.45, 7) is 4.53. The maximum Gasteiger partial charge on any atom is 0.150 e. The van der Waals surface area contributed by atoms with E-state index >= 15 is 0 Å². The summed E-state index contributed by atoms with van der Waals surface area (Å²) in [7, 11) is 1.72. The molecule has 6 aromatic rings. The van der Waals surface area contributed by atoms with E-state index in [1.54, 1.807) is 7.11 Å². The van der Waals surface area contributed by atoms with Gasteiger partial charge in [0.05, 0.1) is 7.11 Å². The zero-order valence-corrected chi connectivity index (χ0v) is 23.7. The molecule has 40 heavy (non-hydrogen) atoms. The highest BCUT2D eigenvalue weighted by atomic mass is 16.5. The zero-order valence-electron chi connectivity index (χ0n) is 23.7. The van der Waals surface area contributed by atoms with Gasteiger partial charge < -0.3 is 4.74 Å². The predicted molar refractivity (Wildman–Crippen MR) is 170 cm³/mol. The van der Waals surface area contributed by atoms with Crippen molar-refractivity contribution in [2.75, 3.05) is 7.11 Å². The van der Waals surface area contributed by atoms with Crippen molar-refractivity contribution in [2.45, 2.75) is 52.4 Å². The van der Waals surface area contributed by atoms with E-state index in [0.29, 0.717) is 5.56 Å². The van der Waals surface area contributed by atoms with Crippen molar-refractivity contribution in [3.05, 3.63) is 102 Å². The molecule has 0 amide bonds. The highest BCUT2D eigenvalue weighted by Gasteiger charge is 2.19. The molecule has 6 aromatic carbocycles. The number of unbranched alkanes of at least 4 members (excludes halogenated alkanes) is 2. The lowest BCUT2D eigenvalue weighted by Crippen LogP contribution is -1.97. The molecule has 0 fully saturated rings. The standard InChI is InChI=1S/C38H36O2/c1-4-6-8-28-22-35(26-12-10-25(24-39)11-13-26)33-20-18-32-29(9-7-5-2)23-36(27-14-16-30(40-3)17-15-27)34-21-19-31(28)37(33)38(32)34/h10-24H,4-9H2,1-3H3. The second-order valence-corrected chi connectivity index (χ2v) is 10.9. The second-order valence-electron chi connectivity index (χ2n) is 10.9. The molecule has 0 aliphatic heterocycles. The van der Waals surface area contributed by atoms with E-state index in [4.69, 9.17) is 4.74 Å². The molecule has 0 aliphatic carbocycles.